The number of hydrogen-bond donors (Lipinski definition) is 0. The van der Waals surface area contributed by atoms with E-state index in [1.54, 1.807) is 96.3 Å². The third-order valence-corrected chi connectivity index (χ3v) is 8.77. The zero-order valence-corrected chi connectivity index (χ0v) is 16.2. The average molecular weight is 331 g/mol. The monoisotopic (exact) mass is 330 g/mol. The Kier molecular flexibility index (Phi) is 6.23. The average Bonchev–Trinajstić information content (AvgIpc) is 2.70. The molecule has 24 heavy (non-hydrogen) atoms. The normalized spacial score (nSPS) is 38.2. The van der Waals surface area contributed by atoms with Gasteiger partial charge in [-0.1, -0.05) is 96.3 Å². The zero-order chi connectivity index (χ0) is 16.2. The van der Waals surface area contributed by atoms with Crippen LogP contribution >= 0.6 is 0 Å². The Hall–Kier alpha value is 0. The molecule has 0 aromatic rings. The fourth-order valence-electron chi connectivity index (χ4n) is 7.43. The first kappa shape index (κ1) is 17.4. The van der Waals surface area contributed by atoms with E-state index in [-0.39, 0.29) is 0 Å². The molecule has 0 heteroatoms. The van der Waals surface area contributed by atoms with Gasteiger partial charge in [-0.05, 0) is 54.8 Å². The van der Waals surface area contributed by atoms with E-state index in [0.29, 0.717) is 0 Å². The molecule has 0 heterocycles. The van der Waals surface area contributed by atoms with Gasteiger partial charge in [-0.15, -0.1) is 0 Å². The van der Waals surface area contributed by atoms with Gasteiger partial charge in [0.25, 0.3) is 0 Å². The maximum atomic E-state index is 1.64. The van der Waals surface area contributed by atoms with E-state index >= 15 is 0 Å². The van der Waals surface area contributed by atoms with Crippen molar-refractivity contribution in [1.82, 2.24) is 0 Å². The predicted molar refractivity (Wildman–Crippen MR) is 104 cm³/mol. The van der Waals surface area contributed by atoms with Gasteiger partial charge < -0.3 is 0 Å². The van der Waals surface area contributed by atoms with Gasteiger partial charge in [0.1, 0.15) is 0 Å². The molecule has 0 bridgehead atoms. The van der Waals surface area contributed by atoms with E-state index in [0.717, 1.165) is 35.5 Å². The summed E-state index contributed by atoms with van der Waals surface area (Å²) in [5, 5.41) is 0. The maximum Gasteiger partial charge on any atom is -0.0380 e. The van der Waals surface area contributed by atoms with Crippen molar-refractivity contribution in [2.45, 2.75) is 116 Å². The fourth-order valence-corrected chi connectivity index (χ4v) is 7.43. The highest BCUT2D eigenvalue weighted by Gasteiger charge is 2.39. The highest BCUT2D eigenvalue weighted by atomic mass is 14.4. The van der Waals surface area contributed by atoms with Crippen LogP contribution in [-0.4, -0.2) is 0 Å². The van der Waals surface area contributed by atoms with E-state index in [1.165, 1.54) is 19.3 Å². The smallest absolute Gasteiger partial charge is 0.0380 e. The van der Waals surface area contributed by atoms with Crippen LogP contribution in [0.5, 0.6) is 0 Å². The molecule has 0 saturated heterocycles. The Labute approximate surface area is 151 Å². The summed E-state index contributed by atoms with van der Waals surface area (Å²) in [5.74, 6) is 6.73. The van der Waals surface area contributed by atoms with Crippen molar-refractivity contribution >= 4 is 0 Å². The summed E-state index contributed by atoms with van der Waals surface area (Å²) in [5.41, 5.74) is 0. The number of rotatable bonds is 3. The lowest BCUT2D eigenvalue weighted by molar-refractivity contribution is 0.0448. The van der Waals surface area contributed by atoms with E-state index < -0.39 is 0 Å². The highest BCUT2D eigenvalue weighted by molar-refractivity contribution is 4.90. The zero-order valence-electron chi connectivity index (χ0n) is 16.2. The molecule has 0 nitrogen and oxygen atoms in total. The molecular formula is C24H42. The van der Waals surface area contributed by atoms with E-state index in [2.05, 4.69) is 0 Å². The molecule has 0 aromatic carbocycles. The van der Waals surface area contributed by atoms with Crippen LogP contribution in [0, 0.1) is 35.5 Å². The predicted octanol–water partition coefficient (Wildman–Crippen LogP) is 7.76. The summed E-state index contributed by atoms with van der Waals surface area (Å²) >= 11 is 0. The molecular weight excluding hydrogens is 288 g/mol. The van der Waals surface area contributed by atoms with Crippen LogP contribution in [-0.2, 0) is 0 Å². The van der Waals surface area contributed by atoms with E-state index in [4.69, 9.17) is 0 Å². The molecule has 4 rings (SSSR count). The molecule has 0 unspecified atom stereocenters. The van der Waals surface area contributed by atoms with Gasteiger partial charge in [-0.2, -0.15) is 0 Å². The third-order valence-electron chi connectivity index (χ3n) is 8.77. The molecule has 0 aliphatic heterocycles. The molecule has 0 spiro atoms. The van der Waals surface area contributed by atoms with Crippen molar-refractivity contribution in [3.05, 3.63) is 0 Å². The Bertz CT molecular complexity index is 291. The number of hydrogen-bond acceptors (Lipinski definition) is 0. The molecule has 4 saturated carbocycles. The van der Waals surface area contributed by atoms with Gasteiger partial charge in [-0.25, -0.2) is 0 Å². The van der Waals surface area contributed by atoms with Crippen LogP contribution in [0.4, 0.5) is 0 Å². The van der Waals surface area contributed by atoms with Gasteiger partial charge in [-0.3, -0.25) is 0 Å². The lowest BCUT2D eigenvalue weighted by atomic mass is 9.59. The first-order chi connectivity index (χ1) is 11.9. The first-order valence-electron chi connectivity index (χ1n) is 11.9. The SMILES string of the molecule is C1CCC(C2CC(C3CCCCC3)CC(C3CCCCC3)C2)CC1. The van der Waals surface area contributed by atoms with Gasteiger partial charge in [0, 0.05) is 0 Å². The standard InChI is InChI=1S/C24H42/c1-4-10-19(11-5-1)22-16-23(20-12-6-2-7-13-20)18-24(17-22)21-14-8-3-9-15-21/h19-24H,1-18H2. The Morgan fingerprint density at radius 1 is 0.250 bits per heavy atom. The molecule has 0 atom stereocenters. The Morgan fingerprint density at radius 3 is 0.750 bits per heavy atom. The van der Waals surface area contributed by atoms with Crippen molar-refractivity contribution in [2.24, 2.45) is 35.5 Å². The minimum Gasteiger partial charge on any atom is -0.0533 e. The second-order valence-electron chi connectivity index (χ2n) is 10.2. The van der Waals surface area contributed by atoms with Gasteiger partial charge in [0.15, 0.2) is 0 Å². The van der Waals surface area contributed by atoms with E-state index in [9.17, 15) is 0 Å². The first-order valence-corrected chi connectivity index (χ1v) is 11.9. The van der Waals surface area contributed by atoms with Crippen molar-refractivity contribution in [2.75, 3.05) is 0 Å². The summed E-state index contributed by atoms with van der Waals surface area (Å²) in [7, 11) is 0. The molecule has 4 aliphatic rings. The summed E-state index contributed by atoms with van der Waals surface area (Å²) in [6.45, 7) is 0. The topological polar surface area (TPSA) is 0 Å². The molecule has 0 N–H and O–H groups in total. The molecule has 138 valence electrons. The summed E-state index contributed by atoms with van der Waals surface area (Å²) < 4.78 is 0. The summed E-state index contributed by atoms with van der Waals surface area (Å²) in [6, 6.07) is 0. The Morgan fingerprint density at radius 2 is 0.500 bits per heavy atom. The lowest BCUT2D eigenvalue weighted by Crippen LogP contribution is -2.36. The molecule has 0 aromatic heterocycles. The van der Waals surface area contributed by atoms with Crippen LogP contribution < -0.4 is 0 Å². The minimum absolute atomic E-state index is 1.12. The third kappa shape index (κ3) is 4.21. The quantitative estimate of drug-likeness (QED) is 0.496. The second-order valence-corrected chi connectivity index (χ2v) is 10.2. The second kappa shape index (κ2) is 8.59. The van der Waals surface area contributed by atoms with Crippen LogP contribution in [0.15, 0.2) is 0 Å². The summed E-state index contributed by atoms with van der Waals surface area (Å²) in [6.07, 6.45) is 28.3. The minimum atomic E-state index is 1.12. The van der Waals surface area contributed by atoms with Crippen molar-refractivity contribution in [1.29, 1.82) is 0 Å². The Balaban J connectivity index is 1.44. The fraction of sp³-hybridized carbons (Fsp3) is 1.00. The van der Waals surface area contributed by atoms with Crippen molar-refractivity contribution in [3.8, 4) is 0 Å². The van der Waals surface area contributed by atoms with Crippen LogP contribution in [0.1, 0.15) is 116 Å². The largest absolute Gasteiger partial charge is 0.0533 e. The lowest BCUT2D eigenvalue weighted by Gasteiger charge is -2.46. The van der Waals surface area contributed by atoms with Crippen molar-refractivity contribution < 1.29 is 0 Å². The van der Waals surface area contributed by atoms with Crippen LogP contribution in [0.2, 0.25) is 0 Å². The summed E-state index contributed by atoms with van der Waals surface area (Å²) in [4.78, 5) is 0. The van der Waals surface area contributed by atoms with Crippen molar-refractivity contribution in [3.63, 3.8) is 0 Å². The van der Waals surface area contributed by atoms with Crippen LogP contribution in [0.3, 0.4) is 0 Å². The molecule has 0 amide bonds. The van der Waals surface area contributed by atoms with Gasteiger partial charge >= 0.3 is 0 Å². The maximum absolute atomic E-state index is 1.64. The van der Waals surface area contributed by atoms with E-state index in [1.807, 2.05) is 0 Å². The molecule has 0 radical (unpaired) electrons. The highest BCUT2D eigenvalue weighted by Crippen LogP contribution is 2.50. The van der Waals surface area contributed by atoms with Crippen LogP contribution in [0.25, 0.3) is 0 Å². The van der Waals surface area contributed by atoms with Gasteiger partial charge in [0.05, 0.1) is 0 Å². The van der Waals surface area contributed by atoms with Gasteiger partial charge in [0.2, 0.25) is 0 Å². The molecule has 4 fully saturated rings. The molecule has 4 aliphatic carbocycles.